The van der Waals surface area contributed by atoms with Crippen LogP contribution in [0.1, 0.15) is 42.0 Å². The summed E-state index contributed by atoms with van der Waals surface area (Å²) < 4.78 is 64.7. The highest BCUT2D eigenvalue weighted by Crippen LogP contribution is 2.42. The number of nitriles is 1. The second-order valence-electron chi connectivity index (χ2n) is 8.04. The van der Waals surface area contributed by atoms with E-state index >= 15 is 0 Å². The van der Waals surface area contributed by atoms with Crippen molar-refractivity contribution in [2.75, 3.05) is 11.2 Å². The number of nitrogens with one attached hydrogen (secondary N) is 1. The van der Waals surface area contributed by atoms with Gasteiger partial charge in [-0.25, -0.2) is 13.2 Å². The third-order valence-corrected chi connectivity index (χ3v) is 6.90. The van der Waals surface area contributed by atoms with Crippen LogP contribution >= 0.6 is 0 Å². The molecule has 0 aromatic heterocycles. The summed E-state index contributed by atoms with van der Waals surface area (Å²) in [5.74, 6) is -0.341. The Hall–Kier alpha value is -3.65. The fourth-order valence-corrected chi connectivity index (χ4v) is 5.24. The zero-order valence-corrected chi connectivity index (χ0v) is 18.6. The maximum Gasteiger partial charge on any atom is 0.416 e. The highest BCUT2D eigenvalue weighted by atomic mass is 32.2. The Labute approximate surface area is 193 Å². The molecular weight excluding hydrogens is 471 g/mol. The molecule has 2 aromatic rings. The first kappa shape index (κ1) is 23.5. The average Bonchev–Trinajstić information content (AvgIpc) is 2.77. The van der Waals surface area contributed by atoms with E-state index in [2.05, 4.69) is 5.32 Å². The number of carbonyl (C=O) groups is 2. The monoisotopic (exact) mass is 489 g/mol. The van der Waals surface area contributed by atoms with E-state index in [4.69, 9.17) is 0 Å². The molecule has 34 heavy (non-hydrogen) atoms. The number of nitrogens with zero attached hydrogens (tertiary/aromatic N) is 2. The van der Waals surface area contributed by atoms with Crippen LogP contribution in [0.4, 0.5) is 23.7 Å². The summed E-state index contributed by atoms with van der Waals surface area (Å²) in [7, 11) is -3.85. The molecule has 7 nitrogen and oxygen atoms in total. The van der Waals surface area contributed by atoms with Crippen LogP contribution in [0.5, 0.6) is 0 Å². The van der Waals surface area contributed by atoms with Gasteiger partial charge in [-0.3, -0.25) is 9.69 Å². The molecule has 4 rings (SSSR count). The van der Waals surface area contributed by atoms with Gasteiger partial charge in [0.15, 0.2) is 15.6 Å². The van der Waals surface area contributed by atoms with Crippen molar-refractivity contribution >= 4 is 27.3 Å². The molecule has 2 aliphatic rings. The van der Waals surface area contributed by atoms with Crippen molar-refractivity contribution in [1.29, 1.82) is 5.26 Å². The van der Waals surface area contributed by atoms with Gasteiger partial charge in [0.05, 0.1) is 33.8 Å². The number of rotatable bonds is 3. The fraction of sp³-hybridized carbons (Fsp3) is 0.261. The van der Waals surface area contributed by atoms with Crippen LogP contribution in [0.25, 0.3) is 0 Å². The molecule has 1 aliphatic heterocycles. The van der Waals surface area contributed by atoms with Crippen LogP contribution in [0.2, 0.25) is 0 Å². The van der Waals surface area contributed by atoms with Crippen molar-refractivity contribution in [3.05, 3.63) is 70.4 Å². The van der Waals surface area contributed by atoms with Gasteiger partial charge in [0.2, 0.25) is 0 Å². The van der Waals surface area contributed by atoms with E-state index < -0.39 is 33.6 Å². The van der Waals surface area contributed by atoms with E-state index in [1.165, 1.54) is 30.3 Å². The number of anilines is 1. The van der Waals surface area contributed by atoms with E-state index in [-0.39, 0.29) is 51.6 Å². The van der Waals surface area contributed by atoms with E-state index in [1.807, 2.05) is 6.07 Å². The Morgan fingerprint density at radius 1 is 1.12 bits per heavy atom. The number of amides is 2. The lowest BCUT2D eigenvalue weighted by Gasteiger charge is -2.39. The minimum absolute atomic E-state index is 0.0591. The molecule has 0 radical (unpaired) electrons. The maximum absolute atomic E-state index is 13.3. The highest BCUT2D eigenvalue weighted by Gasteiger charge is 2.41. The number of alkyl halides is 3. The molecule has 0 saturated heterocycles. The molecule has 2 amide bonds. The Morgan fingerprint density at radius 2 is 1.85 bits per heavy atom. The van der Waals surface area contributed by atoms with Gasteiger partial charge in [-0.1, -0.05) is 12.1 Å². The van der Waals surface area contributed by atoms with Crippen molar-refractivity contribution in [3.63, 3.8) is 0 Å². The minimum Gasteiger partial charge on any atom is -0.326 e. The summed E-state index contributed by atoms with van der Waals surface area (Å²) in [5.41, 5.74) is -0.458. The van der Waals surface area contributed by atoms with Gasteiger partial charge in [0.25, 0.3) is 0 Å². The standard InChI is InChI=1S/C23H18F3N3O4S/c1-34(32,33)19-10-13(12-27)8-9-16(19)21-20-17(6-3-7-18(20)30)29(22(31)28-21)15-5-2-4-14(11-15)23(24,25)26/h2,4-5,8-11,21H,3,6-7H2,1H3,(H,28,31)/t21-/m1/s1. The third kappa shape index (κ3) is 4.17. The number of hydrogen-bond donors (Lipinski definition) is 1. The van der Waals surface area contributed by atoms with Gasteiger partial charge in [0, 0.05) is 23.9 Å². The molecule has 0 bridgehead atoms. The number of hydrogen-bond acceptors (Lipinski definition) is 5. The zero-order chi connectivity index (χ0) is 24.8. The second kappa shape index (κ2) is 8.29. The van der Waals surface area contributed by atoms with Gasteiger partial charge in [-0.15, -0.1) is 0 Å². The number of Topliss-reactive ketones (excluding diaryl/α,β-unsaturated/α-hetero) is 1. The summed E-state index contributed by atoms with van der Waals surface area (Å²) in [6, 6.07) is 8.07. The molecule has 0 saturated carbocycles. The van der Waals surface area contributed by atoms with E-state index in [0.717, 1.165) is 23.3 Å². The molecule has 0 unspecified atom stereocenters. The average molecular weight is 489 g/mol. The van der Waals surface area contributed by atoms with Crippen molar-refractivity contribution in [3.8, 4) is 6.07 Å². The summed E-state index contributed by atoms with van der Waals surface area (Å²) in [6.07, 6.45) is -2.90. The molecule has 2 aromatic carbocycles. The maximum atomic E-state index is 13.3. The highest BCUT2D eigenvalue weighted by molar-refractivity contribution is 7.90. The van der Waals surface area contributed by atoms with E-state index in [0.29, 0.717) is 6.42 Å². The quantitative estimate of drug-likeness (QED) is 0.693. The van der Waals surface area contributed by atoms with Crippen LogP contribution in [0.3, 0.4) is 0 Å². The number of carbonyl (C=O) groups excluding carboxylic acids is 2. The lowest BCUT2D eigenvalue weighted by molar-refractivity contribution is -0.137. The first-order valence-electron chi connectivity index (χ1n) is 10.2. The van der Waals surface area contributed by atoms with Crippen LogP contribution in [0, 0.1) is 11.3 Å². The van der Waals surface area contributed by atoms with Crippen LogP contribution in [-0.2, 0) is 20.8 Å². The van der Waals surface area contributed by atoms with Crippen molar-refractivity contribution in [2.24, 2.45) is 0 Å². The predicted octanol–water partition coefficient (Wildman–Crippen LogP) is 4.26. The Bertz CT molecular complexity index is 1390. The number of urea groups is 1. The largest absolute Gasteiger partial charge is 0.416 e. The summed E-state index contributed by atoms with van der Waals surface area (Å²) in [4.78, 5) is 27.0. The topological polar surface area (TPSA) is 107 Å². The first-order chi connectivity index (χ1) is 15.9. The lowest BCUT2D eigenvalue weighted by Crippen LogP contribution is -2.49. The summed E-state index contributed by atoms with van der Waals surface area (Å²) in [5, 5.41) is 11.8. The van der Waals surface area contributed by atoms with Gasteiger partial charge < -0.3 is 5.32 Å². The summed E-state index contributed by atoms with van der Waals surface area (Å²) in [6.45, 7) is 0. The second-order valence-corrected chi connectivity index (χ2v) is 10.0. The predicted molar refractivity (Wildman–Crippen MR) is 115 cm³/mol. The van der Waals surface area contributed by atoms with Crippen molar-refractivity contribution in [1.82, 2.24) is 5.32 Å². The van der Waals surface area contributed by atoms with E-state index in [9.17, 15) is 36.4 Å². The van der Waals surface area contributed by atoms with Crippen LogP contribution < -0.4 is 10.2 Å². The number of sulfone groups is 1. The molecule has 0 fully saturated rings. The smallest absolute Gasteiger partial charge is 0.326 e. The van der Waals surface area contributed by atoms with Gasteiger partial charge >= 0.3 is 12.2 Å². The molecule has 1 heterocycles. The van der Waals surface area contributed by atoms with E-state index in [1.54, 1.807) is 0 Å². The normalized spacial score (nSPS) is 18.9. The van der Waals surface area contributed by atoms with Gasteiger partial charge in [-0.2, -0.15) is 18.4 Å². The van der Waals surface area contributed by atoms with Crippen molar-refractivity contribution < 1.29 is 31.2 Å². The molecule has 1 N–H and O–H groups in total. The molecule has 176 valence electrons. The molecular formula is C23H18F3N3O4S. The lowest BCUT2D eigenvalue weighted by atomic mass is 9.84. The molecule has 1 atom stereocenters. The number of ketones is 1. The first-order valence-corrected chi connectivity index (χ1v) is 12.1. The molecule has 1 aliphatic carbocycles. The third-order valence-electron chi connectivity index (χ3n) is 5.74. The minimum atomic E-state index is -4.63. The van der Waals surface area contributed by atoms with Crippen LogP contribution in [-0.4, -0.2) is 26.5 Å². The fourth-order valence-electron chi connectivity index (χ4n) is 4.28. The van der Waals surface area contributed by atoms with Gasteiger partial charge in [-0.05, 0) is 48.7 Å². The Morgan fingerprint density at radius 3 is 2.50 bits per heavy atom. The Balaban J connectivity index is 1.92. The zero-order valence-electron chi connectivity index (χ0n) is 17.8. The van der Waals surface area contributed by atoms with Gasteiger partial charge in [0.1, 0.15) is 0 Å². The number of benzene rings is 2. The number of allylic oxidation sites excluding steroid dienone is 1. The van der Waals surface area contributed by atoms with Crippen molar-refractivity contribution in [2.45, 2.75) is 36.4 Å². The summed E-state index contributed by atoms with van der Waals surface area (Å²) >= 11 is 0. The Kier molecular flexibility index (Phi) is 5.73. The molecule has 11 heteroatoms. The number of halogens is 3. The van der Waals surface area contributed by atoms with Crippen LogP contribution in [0.15, 0.2) is 58.6 Å². The SMILES string of the molecule is CS(=O)(=O)c1cc(C#N)ccc1[C@H]1NC(=O)N(c2cccc(C(F)(F)F)c2)C2=C1C(=O)CCC2. The molecule has 0 spiro atoms.